The number of primary amides is 1. The molecule has 3 rings (SSSR count). The molecule has 1 aromatic heterocycles. The summed E-state index contributed by atoms with van der Waals surface area (Å²) in [6, 6.07) is 8.42. The lowest BCUT2D eigenvalue weighted by Gasteiger charge is -2.21. The normalized spacial score (nSPS) is 21.7. The number of carbonyl (C=O) groups is 2. The lowest BCUT2D eigenvalue weighted by Crippen LogP contribution is -2.43. The van der Waals surface area contributed by atoms with Gasteiger partial charge in [0.2, 0.25) is 5.91 Å². The summed E-state index contributed by atoms with van der Waals surface area (Å²) in [4.78, 5) is 29.5. The van der Waals surface area contributed by atoms with E-state index in [0.29, 0.717) is 5.56 Å². The summed E-state index contributed by atoms with van der Waals surface area (Å²) in [6.07, 6.45) is 0.940. The first-order valence-corrected chi connectivity index (χ1v) is 6.69. The molecule has 6 nitrogen and oxygen atoms in total. The van der Waals surface area contributed by atoms with Crippen molar-refractivity contribution >= 4 is 22.7 Å². The first-order valence-electron chi connectivity index (χ1n) is 6.69. The number of fused-ring (bicyclic) bond motifs is 1. The van der Waals surface area contributed by atoms with Crippen molar-refractivity contribution in [3.8, 4) is 0 Å². The van der Waals surface area contributed by atoms with Crippen LogP contribution in [0.3, 0.4) is 0 Å². The smallest absolute Gasteiger partial charge is 0.256 e. The highest BCUT2D eigenvalue weighted by Gasteiger charge is 2.38. The predicted molar refractivity (Wildman–Crippen MR) is 76.4 cm³/mol. The Bertz CT molecular complexity index is 716. The lowest BCUT2D eigenvalue weighted by atomic mass is 10.1. The molecular formula is C15H15N3O3. The van der Waals surface area contributed by atoms with Crippen LogP contribution in [0.1, 0.15) is 16.8 Å². The number of nitrogens with zero attached hydrogens (tertiary/aromatic N) is 2. The highest BCUT2D eigenvalue weighted by molar-refractivity contribution is 5.99. The van der Waals surface area contributed by atoms with Crippen LogP contribution in [0, 0.1) is 0 Å². The van der Waals surface area contributed by atoms with Crippen molar-refractivity contribution in [1.29, 1.82) is 0 Å². The van der Waals surface area contributed by atoms with Crippen molar-refractivity contribution in [2.45, 2.75) is 18.6 Å². The molecular weight excluding hydrogens is 270 g/mol. The summed E-state index contributed by atoms with van der Waals surface area (Å²) in [6.45, 7) is 0.110. The number of benzene rings is 1. The van der Waals surface area contributed by atoms with Crippen molar-refractivity contribution in [3.05, 3.63) is 42.1 Å². The van der Waals surface area contributed by atoms with Crippen molar-refractivity contribution in [3.63, 3.8) is 0 Å². The largest absolute Gasteiger partial charge is 0.391 e. The molecule has 0 aliphatic carbocycles. The van der Waals surface area contributed by atoms with E-state index in [4.69, 9.17) is 5.73 Å². The fraction of sp³-hybridized carbons (Fsp3) is 0.267. The Kier molecular flexibility index (Phi) is 3.31. The summed E-state index contributed by atoms with van der Waals surface area (Å²) in [5, 5.41) is 10.5. The molecule has 1 aromatic carbocycles. The molecule has 0 unspecified atom stereocenters. The SMILES string of the molecule is NC(=O)[C@H]1C[C@@H](O)CN1C(=O)c1cnc2ccccc2c1. The Balaban J connectivity index is 1.94. The minimum Gasteiger partial charge on any atom is -0.391 e. The van der Waals surface area contributed by atoms with Gasteiger partial charge in [0.1, 0.15) is 6.04 Å². The van der Waals surface area contributed by atoms with Crippen LogP contribution in [0.5, 0.6) is 0 Å². The van der Waals surface area contributed by atoms with Gasteiger partial charge in [-0.05, 0) is 12.1 Å². The molecule has 2 amide bonds. The van der Waals surface area contributed by atoms with Crippen molar-refractivity contribution in [2.75, 3.05) is 6.54 Å². The summed E-state index contributed by atoms with van der Waals surface area (Å²) in [5.74, 6) is -0.942. The Hall–Kier alpha value is -2.47. The Morgan fingerprint density at radius 3 is 2.86 bits per heavy atom. The van der Waals surface area contributed by atoms with Gasteiger partial charge in [-0.15, -0.1) is 0 Å². The molecule has 2 aromatic rings. The zero-order chi connectivity index (χ0) is 15.0. The number of aliphatic hydroxyl groups is 1. The Labute approximate surface area is 121 Å². The molecule has 1 aliphatic heterocycles. The summed E-state index contributed by atoms with van der Waals surface area (Å²) in [5.41, 5.74) is 6.47. The van der Waals surface area contributed by atoms with Crippen LogP contribution in [0.15, 0.2) is 36.5 Å². The van der Waals surface area contributed by atoms with Crippen LogP contribution in [-0.4, -0.2) is 45.5 Å². The third kappa shape index (κ3) is 2.45. The number of carbonyl (C=O) groups excluding carboxylic acids is 2. The van der Waals surface area contributed by atoms with Crippen LogP contribution in [0.2, 0.25) is 0 Å². The van der Waals surface area contributed by atoms with Gasteiger partial charge in [0, 0.05) is 24.5 Å². The number of pyridine rings is 1. The average Bonchev–Trinajstić information content (AvgIpc) is 2.88. The van der Waals surface area contributed by atoms with E-state index in [9.17, 15) is 14.7 Å². The summed E-state index contributed by atoms with van der Waals surface area (Å²) in [7, 11) is 0. The monoisotopic (exact) mass is 285 g/mol. The number of nitrogens with two attached hydrogens (primary N) is 1. The van der Waals surface area contributed by atoms with Gasteiger partial charge in [-0.3, -0.25) is 14.6 Å². The van der Waals surface area contributed by atoms with E-state index in [-0.39, 0.29) is 18.9 Å². The maximum Gasteiger partial charge on any atom is 0.256 e. The van der Waals surface area contributed by atoms with Crippen molar-refractivity contribution in [1.82, 2.24) is 9.88 Å². The van der Waals surface area contributed by atoms with Gasteiger partial charge < -0.3 is 15.7 Å². The topological polar surface area (TPSA) is 96.5 Å². The first-order chi connectivity index (χ1) is 10.1. The third-order valence-electron chi connectivity index (χ3n) is 3.71. The molecule has 2 atom stereocenters. The second-order valence-electron chi connectivity index (χ2n) is 5.18. The molecule has 0 saturated carbocycles. The number of hydrogen-bond donors (Lipinski definition) is 2. The van der Waals surface area contributed by atoms with E-state index in [1.54, 1.807) is 6.07 Å². The third-order valence-corrected chi connectivity index (χ3v) is 3.71. The van der Waals surface area contributed by atoms with Gasteiger partial charge in [-0.2, -0.15) is 0 Å². The average molecular weight is 285 g/mol. The van der Waals surface area contributed by atoms with Gasteiger partial charge in [-0.25, -0.2) is 0 Å². The second kappa shape index (κ2) is 5.14. The standard InChI is InChI=1S/C15H15N3O3/c16-14(20)13-6-11(19)8-18(13)15(21)10-5-9-3-1-2-4-12(9)17-7-10/h1-5,7,11,13,19H,6,8H2,(H2,16,20)/t11-,13-/m1/s1. The van der Waals surface area contributed by atoms with Gasteiger partial charge in [-0.1, -0.05) is 18.2 Å². The van der Waals surface area contributed by atoms with E-state index >= 15 is 0 Å². The lowest BCUT2D eigenvalue weighted by molar-refractivity contribution is -0.121. The summed E-state index contributed by atoms with van der Waals surface area (Å²) < 4.78 is 0. The van der Waals surface area contributed by atoms with Gasteiger partial charge in [0.15, 0.2) is 0 Å². The van der Waals surface area contributed by atoms with Gasteiger partial charge in [0.25, 0.3) is 5.91 Å². The number of para-hydroxylation sites is 1. The minimum absolute atomic E-state index is 0.110. The van der Waals surface area contributed by atoms with Crippen molar-refractivity contribution < 1.29 is 14.7 Å². The predicted octanol–water partition coefficient (Wildman–Crippen LogP) is 0.296. The summed E-state index contributed by atoms with van der Waals surface area (Å²) >= 11 is 0. The molecule has 1 saturated heterocycles. The number of hydrogen-bond acceptors (Lipinski definition) is 4. The molecule has 0 radical (unpaired) electrons. The fourth-order valence-electron chi connectivity index (χ4n) is 2.66. The molecule has 0 bridgehead atoms. The second-order valence-corrected chi connectivity index (χ2v) is 5.18. The maximum atomic E-state index is 12.5. The number of rotatable bonds is 2. The van der Waals surface area contributed by atoms with Gasteiger partial charge in [0.05, 0.1) is 17.2 Å². The van der Waals surface area contributed by atoms with E-state index in [2.05, 4.69) is 4.98 Å². The van der Waals surface area contributed by atoms with Crippen LogP contribution in [0.25, 0.3) is 10.9 Å². The molecule has 1 aliphatic rings. The zero-order valence-electron chi connectivity index (χ0n) is 11.3. The molecule has 1 fully saturated rings. The number of likely N-dealkylation sites (tertiary alicyclic amines) is 1. The number of aliphatic hydroxyl groups excluding tert-OH is 1. The maximum absolute atomic E-state index is 12.5. The Morgan fingerprint density at radius 1 is 1.33 bits per heavy atom. The highest BCUT2D eigenvalue weighted by Crippen LogP contribution is 2.21. The zero-order valence-corrected chi connectivity index (χ0v) is 11.3. The molecule has 6 heteroatoms. The van der Waals surface area contributed by atoms with Crippen molar-refractivity contribution in [2.24, 2.45) is 5.73 Å². The first kappa shape index (κ1) is 13.5. The van der Waals surface area contributed by atoms with Crippen LogP contribution < -0.4 is 5.73 Å². The molecule has 2 heterocycles. The van der Waals surface area contributed by atoms with Crippen LogP contribution in [-0.2, 0) is 4.79 Å². The molecule has 108 valence electrons. The van der Waals surface area contributed by atoms with Crippen LogP contribution >= 0.6 is 0 Å². The van der Waals surface area contributed by atoms with E-state index in [1.807, 2.05) is 24.3 Å². The minimum atomic E-state index is -0.765. The van der Waals surface area contributed by atoms with E-state index in [0.717, 1.165) is 10.9 Å². The van der Waals surface area contributed by atoms with E-state index < -0.39 is 18.1 Å². The Morgan fingerprint density at radius 2 is 2.10 bits per heavy atom. The number of amides is 2. The van der Waals surface area contributed by atoms with Crippen LogP contribution in [0.4, 0.5) is 0 Å². The fourth-order valence-corrected chi connectivity index (χ4v) is 2.66. The molecule has 3 N–H and O–H groups in total. The molecule has 21 heavy (non-hydrogen) atoms. The number of β-amino-alcohol motifs (C(OH)–C–C–N with tert-alkyl or cyclic N) is 1. The quantitative estimate of drug-likeness (QED) is 0.829. The number of aromatic nitrogens is 1. The molecule has 0 spiro atoms. The van der Waals surface area contributed by atoms with E-state index in [1.165, 1.54) is 11.1 Å². The highest BCUT2D eigenvalue weighted by atomic mass is 16.3. The van der Waals surface area contributed by atoms with Gasteiger partial charge >= 0.3 is 0 Å².